The predicted octanol–water partition coefficient (Wildman–Crippen LogP) is 3.44. The van der Waals surface area contributed by atoms with Gasteiger partial charge in [0.05, 0.1) is 0 Å². The maximum absolute atomic E-state index is 13.9. The molecule has 0 aliphatic carbocycles. The lowest BCUT2D eigenvalue weighted by atomic mass is 9.97. The highest BCUT2D eigenvalue weighted by atomic mass is 32.1. The van der Waals surface area contributed by atoms with Crippen molar-refractivity contribution in [1.29, 1.82) is 0 Å². The van der Waals surface area contributed by atoms with Gasteiger partial charge in [-0.2, -0.15) is 4.37 Å². The van der Waals surface area contributed by atoms with Crippen molar-refractivity contribution in [3.05, 3.63) is 40.7 Å². The fourth-order valence-electron chi connectivity index (χ4n) is 2.08. The number of anilines is 1. The zero-order chi connectivity index (χ0) is 20.2. The van der Waals surface area contributed by atoms with Crippen LogP contribution >= 0.6 is 11.5 Å². The minimum Gasteiger partial charge on any atom is -0.471 e. The summed E-state index contributed by atoms with van der Waals surface area (Å²) in [5.41, 5.74) is 6.37. The number of nitrogens with two attached hydrogens (primary N) is 1. The van der Waals surface area contributed by atoms with Crippen LogP contribution < -0.4 is 21.1 Å². The first-order chi connectivity index (χ1) is 12.6. The van der Waals surface area contributed by atoms with E-state index in [9.17, 15) is 14.0 Å². The number of nitrogens with zero attached hydrogens (tertiary/aromatic N) is 1. The molecule has 1 aromatic heterocycles. The summed E-state index contributed by atoms with van der Waals surface area (Å²) in [6.07, 6.45) is 0. The van der Waals surface area contributed by atoms with Gasteiger partial charge in [0.2, 0.25) is 5.88 Å². The van der Waals surface area contributed by atoms with Crippen molar-refractivity contribution in [3.63, 3.8) is 0 Å². The van der Waals surface area contributed by atoms with Gasteiger partial charge in [0.15, 0.2) is 0 Å². The van der Waals surface area contributed by atoms with Gasteiger partial charge in [0.1, 0.15) is 23.0 Å². The summed E-state index contributed by atoms with van der Waals surface area (Å²) in [4.78, 5) is 23.8. The van der Waals surface area contributed by atoms with E-state index in [0.29, 0.717) is 12.1 Å². The Hall–Kier alpha value is -2.68. The topological polar surface area (TPSA) is 106 Å². The second-order valence-corrected chi connectivity index (χ2v) is 8.08. The summed E-state index contributed by atoms with van der Waals surface area (Å²) < 4.78 is 23.4. The number of rotatable bonds is 6. The van der Waals surface area contributed by atoms with E-state index in [1.54, 1.807) is 19.1 Å². The number of nitrogens with one attached hydrogen (secondary N) is 2. The molecule has 7 nitrogen and oxygen atoms in total. The van der Waals surface area contributed by atoms with Crippen molar-refractivity contribution in [2.75, 3.05) is 11.9 Å². The number of benzene rings is 1. The molecule has 27 heavy (non-hydrogen) atoms. The molecule has 0 aliphatic heterocycles. The smallest absolute Gasteiger partial charge is 0.319 e. The molecule has 1 aromatic carbocycles. The fourth-order valence-corrected chi connectivity index (χ4v) is 2.82. The normalized spacial score (nSPS) is 11.1. The Kier molecular flexibility index (Phi) is 6.37. The van der Waals surface area contributed by atoms with Gasteiger partial charge >= 0.3 is 6.03 Å². The van der Waals surface area contributed by atoms with Crippen molar-refractivity contribution in [3.8, 4) is 5.88 Å². The van der Waals surface area contributed by atoms with Crippen LogP contribution in [-0.2, 0) is 6.61 Å². The third-order valence-electron chi connectivity index (χ3n) is 3.49. The van der Waals surface area contributed by atoms with Crippen molar-refractivity contribution in [2.24, 2.45) is 11.1 Å². The minimum atomic E-state index is -0.797. The number of primary amides is 1. The zero-order valence-electron chi connectivity index (χ0n) is 15.7. The number of halogens is 1. The quantitative estimate of drug-likeness (QED) is 0.698. The number of carbonyl (C=O) groups excluding carboxylic acids is 2. The minimum absolute atomic E-state index is 0.0430. The van der Waals surface area contributed by atoms with Gasteiger partial charge < -0.3 is 15.8 Å². The SMILES string of the molecule is Cc1ccc(COc2nsc(NC(=O)NCC(C)(C)C)c2C(N)=O)c(F)c1. The van der Waals surface area contributed by atoms with Crippen molar-refractivity contribution in [1.82, 2.24) is 9.69 Å². The van der Waals surface area contributed by atoms with Crippen LogP contribution in [0.5, 0.6) is 5.88 Å². The average molecular weight is 394 g/mol. The molecule has 0 fully saturated rings. The van der Waals surface area contributed by atoms with Crippen molar-refractivity contribution in [2.45, 2.75) is 34.3 Å². The number of aryl methyl sites for hydroxylation is 1. The van der Waals surface area contributed by atoms with Gasteiger partial charge in [-0.05, 0) is 35.5 Å². The van der Waals surface area contributed by atoms with Gasteiger partial charge in [-0.3, -0.25) is 10.1 Å². The van der Waals surface area contributed by atoms with Gasteiger partial charge in [-0.25, -0.2) is 9.18 Å². The largest absolute Gasteiger partial charge is 0.471 e. The molecule has 0 bridgehead atoms. The van der Waals surface area contributed by atoms with Gasteiger partial charge in [0.25, 0.3) is 5.91 Å². The molecule has 0 radical (unpaired) electrons. The number of ether oxygens (including phenoxy) is 1. The molecule has 0 saturated carbocycles. The molecule has 0 spiro atoms. The second-order valence-electron chi connectivity index (χ2n) is 7.31. The molecular weight excluding hydrogens is 371 g/mol. The summed E-state index contributed by atoms with van der Waals surface area (Å²) in [7, 11) is 0. The van der Waals surface area contributed by atoms with E-state index < -0.39 is 17.8 Å². The number of aromatic nitrogens is 1. The van der Waals surface area contributed by atoms with E-state index in [0.717, 1.165) is 17.1 Å². The lowest BCUT2D eigenvalue weighted by Crippen LogP contribution is -2.35. The van der Waals surface area contributed by atoms with Crippen LogP contribution in [0.15, 0.2) is 18.2 Å². The number of amides is 3. The average Bonchev–Trinajstić information content (AvgIpc) is 2.94. The third-order valence-corrected chi connectivity index (χ3v) is 4.23. The van der Waals surface area contributed by atoms with E-state index in [1.165, 1.54) is 6.07 Å². The molecule has 0 unspecified atom stereocenters. The van der Waals surface area contributed by atoms with E-state index >= 15 is 0 Å². The van der Waals surface area contributed by atoms with Crippen LogP contribution in [0.4, 0.5) is 14.2 Å². The van der Waals surface area contributed by atoms with E-state index in [-0.39, 0.29) is 28.5 Å². The maximum Gasteiger partial charge on any atom is 0.319 e. The Morgan fingerprint density at radius 2 is 2.04 bits per heavy atom. The van der Waals surface area contributed by atoms with E-state index in [1.807, 2.05) is 20.8 Å². The highest BCUT2D eigenvalue weighted by Crippen LogP contribution is 2.31. The van der Waals surface area contributed by atoms with Gasteiger partial charge in [0, 0.05) is 12.1 Å². The van der Waals surface area contributed by atoms with Crippen LogP contribution in [0.2, 0.25) is 0 Å². The highest BCUT2D eigenvalue weighted by molar-refractivity contribution is 7.11. The fraction of sp³-hybridized carbons (Fsp3) is 0.389. The number of urea groups is 1. The Labute approximate surface area is 161 Å². The summed E-state index contributed by atoms with van der Waals surface area (Å²) in [6.45, 7) is 8.04. The first kappa shape index (κ1) is 20.6. The van der Waals surface area contributed by atoms with Crippen LogP contribution in [0, 0.1) is 18.2 Å². The molecule has 3 amide bonds. The molecular formula is C18H23FN4O3S. The zero-order valence-corrected chi connectivity index (χ0v) is 16.5. The summed E-state index contributed by atoms with van der Waals surface area (Å²) in [6, 6.07) is 4.26. The molecule has 1 heterocycles. The molecule has 4 N–H and O–H groups in total. The van der Waals surface area contributed by atoms with Crippen LogP contribution in [0.3, 0.4) is 0 Å². The number of hydrogen-bond donors (Lipinski definition) is 3. The molecule has 0 saturated heterocycles. The van der Waals surface area contributed by atoms with E-state index in [4.69, 9.17) is 10.5 Å². The van der Waals surface area contributed by atoms with Crippen molar-refractivity contribution < 1.29 is 18.7 Å². The van der Waals surface area contributed by atoms with Gasteiger partial charge in [-0.1, -0.05) is 32.9 Å². The molecule has 146 valence electrons. The third kappa shape index (κ3) is 5.92. The molecule has 0 aliphatic rings. The lowest BCUT2D eigenvalue weighted by Gasteiger charge is -2.18. The van der Waals surface area contributed by atoms with Gasteiger partial charge in [-0.15, -0.1) is 0 Å². The van der Waals surface area contributed by atoms with Crippen LogP contribution in [0.1, 0.15) is 42.3 Å². The van der Waals surface area contributed by atoms with Crippen molar-refractivity contribution >= 4 is 28.5 Å². The first-order valence-electron chi connectivity index (χ1n) is 8.29. The maximum atomic E-state index is 13.9. The standard InChI is InChI=1S/C18H23FN4O3S/c1-10-5-6-11(12(19)7-10)8-26-15-13(14(20)24)16(27-23-15)22-17(25)21-9-18(2,3)4/h5-7H,8-9H2,1-4H3,(H2,20,24)(H2,21,22,25). The Morgan fingerprint density at radius 3 is 2.63 bits per heavy atom. The summed E-state index contributed by atoms with van der Waals surface area (Å²) >= 11 is 0.866. The Bertz CT molecular complexity index is 846. The Balaban J connectivity index is 2.10. The predicted molar refractivity (Wildman–Crippen MR) is 103 cm³/mol. The lowest BCUT2D eigenvalue weighted by molar-refractivity contribution is 0.0996. The summed E-state index contributed by atoms with van der Waals surface area (Å²) in [5, 5.41) is 5.43. The van der Waals surface area contributed by atoms with Crippen LogP contribution in [-0.4, -0.2) is 22.9 Å². The monoisotopic (exact) mass is 394 g/mol. The summed E-state index contributed by atoms with van der Waals surface area (Å²) in [5.74, 6) is -1.25. The second kappa shape index (κ2) is 8.34. The van der Waals surface area contributed by atoms with E-state index in [2.05, 4.69) is 15.0 Å². The van der Waals surface area contributed by atoms with Crippen LogP contribution in [0.25, 0.3) is 0 Å². The molecule has 2 aromatic rings. The number of carbonyl (C=O) groups is 2. The molecule has 0 atom stereocenters. The molecule has 9 heteroatoms. The first-order valence-corrected chi connectivity index (χ1v) is 9.06. The molecule has 2 rings (SSSR count). The number of hydrogen-bond acceptors (Lipinski definition) is 5. The highest BCUT2D eigenvalue weighted by Gasteiger charge is 2.22. The Morgan fingerprint density at radius 1 is 1.33 bits per heavy atom.